The Kier molecular flexibility index (Phi) is 5.91. The number of non-ortho nitro benzene ring substituents is 1. The van der Waals surface area contributed by atoms with Gasteiger partial charge in [0.1, 0.15) is 0 Å². The highest BCUT2D eigenvalue weighted by Gasteiger charge is 2.19. The SMILES string of the molecule is CCCCSc1nnc(NS(=O)(=O)c2cccc([N+](=O)[O-])c2)s1. The van der Waals surface area contributed by atoms with Crippen LogP contribution in [0.15, 0.2) is 33.5 Å². The van der Waals surface area contributed by atoms with Gasteiger partial charge in [-0.25, -0.2) is 8.42 Å². The highest BCUT2D eigenvalue weighted by Crippen LogP contribution is 2.28. The molecular weight excluding hydrogens is 360 g/mol. The Morgan fingerprint density at radius 3 is 2.87 bits per heavy atom. The Morgan fingerprint density at radius 2 is 2.17 bits per heavy atom. The number of anilines is 1. The Hall–Kier alpha value is -1.72. The number of nitro benzene ring substituents is 1. The highest BCUT2D eigenvalue weighted by molar-refractivity contribution is 8.01. The van der Waals surface area contributed by atoms with E-state index in [4.69, 9.17) is 0 Å². The lowest BCUT2D eigenvalue weighted by Gasteiger charge is -2.04. The maximum Gasteiger partial charge on any atom is 0.270 e. The van der Waals surface area contributed by atoms with E-state index in [9.17, 15) is 18.5 Å². The van der Waals surface area contributed by atoms with Crippen LogP contribution in [0.5, 0.6) is 0 Å². The molecule has 0 aliphatic heterocycles. The number of sulfonamides is 1. The van der Waals surface area contributed by atoms with E-state index in [1.807, 2.05) is 0 Å². The van der Waals surface area contributed by atoms with Gasteiger partial charge in [0.05, 0.1) is 9.82 Å². The monoisotopic (exact) mass is 374 g/mol. The van der Waals surface area contributed by atoms with Gasteiger partial charge in [0, 0.05) is 17.9 Å². The van der Waals surface area contributed by atoms with E-state index in [-0.39, 0.29) is 15.7 Å². The van der Waals surface area contributed by atoms with Crippen LogP contribution in [-0.2, 0) is 10.0 Å². The van der Waals surface area contributed by atoms with E-state index in [0.717, 1.165) is 36.0 Å². The molecule has 0 amide bonds. The van der Waals surface area contributed by atoms with Gasteiger partial charge in [-0.15, -0.1) is 10.2 Å². The average molecular weight is 374 g/mol. The number of benzene rings is 1. The van der Waals surface area contributed by atoms with Crippen LogP contribution in [0.2, 0.25) is 0 Å². The van der Waals surface area contributed by atoms with Crippen molar-refractivity contribution in [2.75, 3.05) is 10.5 Å². The number of nitrogens with one attached hydrogen (secondary N) is 1. The first kappa shape index (κ1) is 17.6. The van der Waals surface area contributed by atoms with E-state index in [1.54, 1.807) is 0 Å². The summed E-state index contributed by atoms with van der Waals surface area (Å²) in [5.74, 6) is 0.892. The zero-order valence-electron chi connectivity index (χ0n) is 12.1. The second kappa shape index (κ2) is 7.70. The minimum absolute atomic E-state index is 0.135. The van der Waals surface area contributed by atoms with E-state index < -0.39 is 14.9 Å². The number of rotatable bonds is 8. The zero-order valence-corrected chi connectivity index (χ0v) is 14.6. The molecule has 0 saturated heterocycles. The molecule has 2 rings (SSSR count). The molecule has 2 aromatic rings. The Bertz CT molecular complexity index is 791. The fraction of sp³-hybridized carbons (Fsp3) is 0.333. The molecule has 1 aromatic heterocycles. The molecular formula is C12H14N4O4S3. The summed E-state index contributed by atoms with van der Waals surface area (Å²) in [4.78, 5) is 9.90. The highest BCUT2D eigenvalue weighted by atomic mass is 32.2. The molecule has 0 aliphatic rings. The molecule has 1 heterocycles. The van der Waals surface area contributed by atoms with Crippen LogP contribution in [0.4, 0.5) is 10.8 Å². The smallest absolute Gasteiger partial charge is 0.258 e. The lowest BCUT2D eigenvalue weighted by Crippen LogP contribution is -2.13. The Morgan fingerprint density at radius 1 is 1.39 bits per heavy atom. The second-order valence-electron chi connectivity index (χ2n) is 4.44. The van der Waals surface area contributed by atoms with Gasteiger partial charge in [0.25, 0.3) is 15.7 Å². The first-order valence-electron chi connectivity index (χ1n) is 6.66. The number of aromatic nitrogens is 2. The summed E-state index contributed by atoms with van der Waals surface area (Å²) >= 11 is 2.65. The molecule has 0 bridgehead atoms. The molecule has 23 heavy (non-hydrogen) atoms. The van der Waals surface area contributed by atoms with Crippen LogP contribution < -0.4 is 4.72 Å². The number of unbranched alkanes of at least 4 members (excludes halogenated alkanes) is 1. The van der Waals surface area contributed by atoms with E-state index in [2.05, 4.69) is 21.8 Å². The van der Waals surface area contributed by atoms with Crippen molar-refractivity contribution < 1.29 is 13.3 Å². The van der Waals surface area contributed by atoms with E-state index in [0.29, 0.717) is 4.34 Å². The fourth-order valence-electron chi connectivity index (χ4n) is 1.55. The lowest BCUT2D eigenvalue weighted by molar-refractivity contribution is -0.385. The summed E-state index contributed by atoms with van der Waals surface area (Å²) in [5, 5.41) is 18.6. The van der Waals surface area contributed by atoms with Crippen molar-refractivity contribution in [3.8, 4) is 0 Å². The average Bonchev–Trinajstić information content (AvgIpc) is 2.94. The van der Waals surface area contributed by atoms with Crippen molar-refractivity contribution in [1.82, 2.24) is 10.2 Å². The van der Waals surface area contributed by atoms with Crippen molar-refractivity contribution in [1.29, 1.82) is 0 Å². The van der Waals surface area contributed by atoms with E-state index >= 15 is 0 Å². The number of hydrogen-bond acceptors (Lipinski definition) is 8. The summed E-state index contributed by atoms with van der Waals surface area (Å²) in [6, 6.07) is 4.83. The quantitative estimate of drug-likeness (QED) is 0.326. The third-order valence-electron chi connectivity index (χ3n) is 2.69. The standard InChI is InChI=1S/C12H14N4O4S3/c1-2-3-7-21-12-14-13-11(22-12)15-23(19,20)10-6-4-5-9(8-10)16(17)18/h4-6,8H,2-3,7H2,1H3,(H,13,15). The normalized spacial score (nSPS) is 11.3. The van der Waals surface area contributed by atoms with Crippen molar-refractivity contribution >= 4 is 43.9 Å². The molecule has 0 saturated carbocycles. The molecule has 0 fully saturated rings. The van der Waals surface area contributed by atoms with Crippen LogP contribution in [0.25, 0.3) is 0 Å². The number of nitro groups is 1. The van der Waals surface area contributed by atoms with Crippen LogP contribution in [0.1, 0.15) is 19.8 Å². The molecule has 0 aliphatic carbocycles. The van der Waals surface area contributed by atoms with Crippen molar-refractivity contribution in [2.45, 2.75) is 29.0 Å². The van der Waals surface area contributed by atoms with Gasteiger partial charge in [-0.1, -0.05) is 42.5 Å². The Labute approximate surface area is 141 Å². The lowest BCUT2D eigenvalue weighted by atomic mass is 10.3. The van der Waals surface area contributed by atoms with E-state index in [1.165, 1.54) is 30.0 Å². The van der Waals surface area contributed by atoms with Gasteiger partial charge in [0.15, 0.2) is 4.34 Å². The van der Waals surface area contributed by atoms with Gasteiger partial charge in [-0.2, -0.15) is 0 Å². The third-order valence-corrected chi connectivity index (χ3v) is 6.21. The molecule has 0 spiro atoms. The van der Waals surface area contributed by atoms with Crippen molar-refractivity contribution in [3.63, 3.8) is 0 Å². The number of thioether (sulfide) groups is 1. The molecule has 124 valence electrons. The Balaban J connectivity index is 2.12. The van der Waals surface area contributed by atoms with Crippen LogP contribution in [-0.4, -0.2) is 29.3 Å². The first-order valence-corrected chi connectivity index (χ1v) is 9.94. The minimum atomic E-state index is -3.94. The molecule has 8 nitrogen and oxygen atoms in total. The predicted octanol–water partition coefficient (Wildman–Crippen LogP) is 3.14. The maximum atomic E-state index is 12.2. The predicted molar refractivity (Wildman–Crippen MR) is 89.4 cm³/mol. The van der Waals surface area contributed by atoms with Gasteiger partial charge in [-0.3, -0.25) is 14.8 Å². The van der Waals surface area contributed by atoms with Gasteiger partial charge in [0.2, 0.25) is 5.13 Å². The van der Waals surface area contributed by atoms with Gasteiger partial charge in [-0.05, 0) is 12.5 Å². The van der Waals surface area contributed by atoms with Crippen molar-refractivity contribution in [2.24, 2.45) is 0 Å². The summed E-state index contributed by atoms with van der Waals surface area (Å²) in [6.45, 7) is 2.08. The summed E-state index contributed by atoms with van der Waals surface area (Å²) in [7, 11) is -3.94. The summed E-state index contributed by atoms with van der Waals surface area (Å²) < 4.78 is 27.5. The molecule has 0 atom stereocenters. The summed E-state index contributed by atoms with van der Waals surface area (Å²) in [6.07, 6.45) is 2.11. The molecule has 11 heteroatoms. The molecule has 0 radical (unpaired) electrons. The summed E-state index contributed by atoms with van der Waals surface area (Å²) in [5.41, 5.74) is -0.291. The third kappa shape index (κ3) is 4.88. The fourth-order valence-corrected chi connectivity index (χ4v) is 4.73. The van der Waals surface area contributed by atoms with Gasteiger partial charge >= 0.3 is 0 Å². The van der Waals surface area contributed by atoms with Crippen LogP contribution in [0.3, 0.4) is 0 Å². The first-order chi connectivity index (χ1) is 10.9. The van der Waals surface area contributed by atoms with Gasteiger partial charge < -0.3 is 0 Å². The molecule has 0 unspecified atom stereocenters. The maximum absolute atomic E-state index is 12.2. The van der Waals surface area contributed by atoms with Crippen molar-refractivity contribution in [3.05, 3.63) is 34.4 Å². The minimum Gasteiger partial charge on any atom is -0.258 e. The molecule has 1 N–H and O–H groups in total. The molecule has 1 aromatic carbocycles. The zero-order chi connectivity index (χ0) is 16.9. The number of hydrogen-bond donors (Lipinski definition) is 1. The number of nitrogens with zero attached hydrogens (tertiary/aromatic N) is 3. The largest absolute Gasteiger partial charge is 0.270 e. The second-order valence-corrected chi connectivity index (χ2v) is 8.44. The topological polar surface area (TPSA) is 115 Å². The van der Waals surface area contributed by atoms with Crippen LogP contribution >= 0.6 is 23.1 Å². The van der Waals surface area contributed by atoms with Crippen LogP contribution in [0, 0.1) is 10.1 Å².